The van der Waals surface area contributed by atoms with Gasteiger partial charge in [0.15, 0.2) is 0 Å². The van der Waals surface area contributed by atoms with Gasteiger partial charge >= 0.3 is 0 Å². The van der Waals surface area contributed by atoms with Gasteiger partial charge in [0.05, 0.1) is 6.04 Å². The highest BCUT2D eigenvalue weighted by Crippen LogP contribution is 2.13. The minimum absolute atomic E-state index is 0.0482. The van der Waals surface area contributed by atoms with Gasteiger partial charge < -0.3 is 4.57 Å². The number of imidazole rings is 1. The van der Waals surface area contributed by atoms with Crippen LogP contribution < -0.4 is 11.3 Å². The second-order valence-corrected chi connectivity index (χ2v) is 3.82. The predicted molar refractivity (Wildman–Crippen MR) is 63.6 cm³/mol. The maximum Gasteiger partial charge on any atom is 0.146 e. The van der Waals surface area contributed by atoms with Crippen molar-refractivity contribution in [3.8, 4) is 0 Å². The molecule has 0 saturated heterocycles. The van der Waals surface area contributed by atoms with Crippen LogP contribution in [0.2, 0.25) is 0 Å². The lowest BCUT2D eigenvalue weighted by Gasteiger charge is -2.13. The average molecular weight is 232 g/mol. The molecule has 6 heteroatoms. The second-order valence-electron chi connectivity index (χ2n) is 3.82. The van der Waals surface area contributed by atoms with E-state index in [0.717, 1.165) is 18.7 Å². The van der Waals surface area contributed by atoms with Gasteiger partial charge in [-0.2, -0.15) is 0 Å². The van der Waals surface area contributed by atoms with E-state index < -0.39 is 0 Å². The van der Waals surface area contributed by atoms with Gasteiger partial charge in [-0.15, -0.1) is 0 Å². The monoisotopic (exact) mass is 232 g/mol. The summed E-state index contributed by atoms with van der Waals surface area (Å²) in [6.45, 7) is 0. The molecule has 0 aliphatic heterocycles. The SMILES string of the molecule is Cn1ccnc1CCC(NN)c1ncccn1. The van der Waals surface area contributed by atoms with Gasteiger partial charge in [0, 0.05) is 38.3 Å². The zero-order chi connectivity index (χ0) is 12.1. The normalized spacial score (nSPS) is 12.6. The molecule has 6 nitrogen and oxygen atoms in total. The number of nitrogens with one attached hydrogen (secondary N) is 1. The van der Waals surface area contributed by atoms with Crippen molar-refractivity contribution in [3.05, 3.63) is 42.5 Å². The molecule has 2 aromatic rings. The van der Waals surface area contributed by atoms with E-state index in [9.17, 15) is 0 Å². The summed E-state index contributed by atoms with van der Waals surface area (Å²) in [7, 11) is 1.98. The van der Waals surface area contributed by atoms with Crippen molar-refractivity contribution in [2.24, 2.45) is 12.9 Å². The van der Waals surface area contributed by atoms with Crippen molar-refractivity contribution in [1.29, 1.82) is 0 Å². The molecule has 0 spiro atoms. The standard InChI is InChI=1S/C11H16N6/c1-17-8-7-13-10(17)4-3-9(16-12)11-14-5-2-6-15-11/h2,5-9,16H,3-4,12H2,1H3. The third kappa shape index (κ3) is 2.86. The van der Waals surface area contributed by atoms with E-state index in [1.54, 1.807) is 24.7 Å². The van der Waals surface area contributed by atoms with E-state index in [0.29, 0.717) is 5.82 Å². The van der Waals surface area contributed by atoms with Crippen LogP contribution in [-0.2, 0) is 13.5 Å². The topological polar surface area (TPSA) is 81.7 Å². The number of aryl methyl sites for hydroxylation is 2. The van der Waals surface area contributed by atoms with Crippen molar-refractivity contribution in [2.45, 2.75) is 18.9 Å². The van der Waals surface area contributed by atoms with E-state index in [4.69, 9.17) is 5.84 Å². The molecule has 0 radical (unpaired) electrons. The highest BCUT2D eigenvalue weighted by molar-refractivity contribution is 4.98. The van der Waals surface area contributed by atoms with Crippen LogP contribution in [-0.4, -0.2) is 19.5 Å². The number of nitrogens with zero attached hydrogens (tertiary/aromatic N) is 4. The van der Waals surface area contributed by atoms with Crippen LogP contribution in [0.5, 0.6) is 0 Å². The Morgan fingerprint density at radius 3 is 2.65 bits per heavy atom. The molecule has 0 fully saturated rings. The highest BCUT2D eigenvalue weighted by atomic mass is 15.2. The summed E-state index contributed by atoms with van der Waals surface area (Å²) in [4.78, 5) is 12.7. The maximum absolute atomic E-state index is 5.53. The predicted octanol–water partition coefficient (Wildman–Crippen LogP) is 0.347. The summed E-state index contributed by atoms with van der Waals surface area (Å²) in [5.74, 6) is 7.27. The van der Waals surface area contributed by atoms with Gasteiger partial charge in [-0.25, -0.2) is 20.4 Å². The third-order valence-electron chi connectivity index (χ3n) is 2.68. The largest absolute Gasteiger partial charge is 0.338 e. The molecule has 2 rings (SSSR count). The van der Waals surface area contributed by atoms with Crippen LogP contribution in [0.1, 0.15) is 24.1 Å². The van der Waals surface area contributed by atoms with Crippen LogP contribution in [0.4, 0.5) is 0 Å². The first kappa shape index (κ1) is 11.7. The average Bonchev–Trinajstić information content (AvgIpc) is 2.77. The number of rotatable bonds is 5. The quantitative estimate of drug-likeness (QED) is 0.574. The van der Waals surface area contributed by atoms with Gasteiger partial charge in [-0.3, -0.25) is 5.84 Å². The second kappa shape index (κ2) is 5.51. The Morgan fingerprint density at radius 1 is 1.29 bits per heavy atom. The van der Waals surface area contributed by atoms with Crippen molar-refractivity contribution < 1.29 is 0 Å². The zero-order valence-corrected chi connectivity index (χ0v) is 9.74. The van der Waals surface area contributed by atoms with Gasteiger partial charge in [0.25, 0.3) is 0 Å². The lowest BCUT2D eigenvalue weighted by molar-refractivity contribution is 0.482. The van der Waals surface area contributed by atoms with E-state index in [1.165, 1.54) is 0 Å². The van der Waals surface area contributed by atoms with Crippen LogP contribution in [0.3, 0.4) is 0 Å². The lowest BCUT2D eigenvalue weighted by atomic mass is 10.1. The number of hydrogen-bond acceptors (Lipinski definition) is 5. The molecule has 0 aromatic carbocycles. The first-order valence-corrected chi connectivity index (χ1v) is 5.50. The van der Waals surface area contributed by atoms with Gasteiger partial charge in [0.2, 0.25) is 0 Å². The summed E-state index contributed by atoms with van der Waals surface area (Å²) < 4.78 is 2.00. The lowest BCUT2D eigenvalue weighted by Crippen LogP contribution is -2.30. The van der Waals surface area contributed by atoms with E-state index in [2.05, 4.69) is 20.4 Å². The fourth-order valence-corrected chi connectivity index (χ4v) is 1.69. The summed E-state index contributed by atoms with van der Waals surface area (Å²) in [6, 6.07) is 1.74. The Bertz CT molecular complexity index is 452. The van der Waals surface area contributed by atoms with Gasteiger partial charge in [-0.1, -0.05) is 0 Å². The fraction of sp³-hybridized carbons (Fsp3) is 0.364. The van der Waals surface area contributed by atoms with Crippen LogP contribution >= 0.6 is 0 Å². The molecule has 2 aromatic heterocycles. The molecule has 0 aliphatic rings. The highest BCUT2D eigenvalue weighted by Gasteiger charge is 2.13. The maximum atomic E-state index is 5.53. The Balaban J connectivity index is 1.99. The van der Waals surface area contributed by atoms with Crippen LogP contribution in [0.25, 0.3) is 0 Å². The summed E-state index contributed by atoms with van der Waals surface area (Å²) in [5, 5.41) is 0. The molecular weight excluding hydrogens is 216 g/mol. The van der Waals surface area contributed by atoms with Crippen molar-refractivity contribution in [3.63, 3.8) is 0 Å². The van der Waals surface area contributed by atoms with E-state index in [-0.39, 0.29) is 6.04 Å². The Labute approximate surface area is 99.9 Å². The molecule has 2 heterocycles. The fourth-order valence-electron chi connectivity index (χ4n) is 1.69. The molecule has 0 amide bonds. The number of aromatic nitrogens is 4. The summed E-state index contributed by atoms with van der Waals surface area (Å²) >= 11 is 0. The smallest absolute Gasteiger partial charge is 0.146 e. The molecule has 1 unspecified atom stereocenters. The van der Waals surface area contributed by atoms with Crippen LogP contribution in [0.15, 0.2) is 30.9 Å². The van der Waals surface area contributed by atoms with Crippen molar-refractivity contribution in [2.75, 3.05) is 0 Å². The number of hydrazine groups is 1. The Kier molecular flexibility index (Phi) is 3.79. The molecule has 0 bridgehead atoms. The third-order valence-corrected chi connectivity index (χ3v) is 2.68. The Morgan fingerprint density at radius 2 is 2.06 bits per heavy atom. The first-order valence-electron chi connectivity index (χ1n) is 5.50. The van der Waals surface area contributed by atoms with E-state index in [1.807, 2.05) is 17.8 Å². The molecular formula is C11H16N6. The van der Waals surface area contributed by atoms with Crippen molar-refractivity contribution in [1.82, 2.24) is 24.9 Å². The summed E-state index contributed by atoms with van der Waals surface area (Å²) in [6.07, 6.45) is 8.79. The number of nitrogens with two attached hydrogens (primary N) is 1. The summed E-state index contributed by atoms with van der Waals surface area (Å²) in [5.41, 5.74) is 2.74. The molecule has 0 saturated carbocycles. The molecule has 90 valence electrons. The minimum Gasteiger partial charge on any atom is -0.338 e. The van der Waals surface area contributed by atoms with Crippen molar-refractivity contribution >= 4 is 0 Å². The molecule has 0 aliphatic carbocycles. The van der Waals surface area contributed by atoms with Gasteiger partial charge in [0.1, 0.15) is 11.6 Å². The molecule has 17 heavy (non-hydrogen) atoms. The first-order chi connectivity index (χ1) is 8.31. The molecule has 1 atom stereocenters. The van der Waals surface area contributed by atoms with E-state index >= 15 is 0 Å². The van der Waals surface area contributed by atoms with Gasteiger partial charge in [-0.05, 0) is 12.5 Å². The molecule has 3 N–H and O–H groups in total. The zero-order valence-electron chi connectivity index (χ0n) is 9.74. The number of hydrogen-bond donors (Lipinski definition) is 2. The minimum atomic E-state index is -0.0482. The van der Waals surface area contributed by atoms with Crippen LogP contribution in [0, 0.1) is 0 Å². The Hall–Kier alpha value is -1.79.